The zero-order valence-electron chi connectivity index (χ0n) is 22.3. The Labute approximate surface area is 234 Å². The molecule has 12 heteroatoms. The van der Waals surface area contributed by atoms with E-state index in [0.717, 1.165) is 47.1 Å². The maximum atomic E-state index is 14.5. The number of anilines is 1. The van der Waals surface area contributed by atoms with Crippen molar-refractivity contribution >= 4 is 41.9 Å². The van der Waals surface area contributed by atoms with Gasteiger partial charge in [0.05, 0.1) is 28.7 Å². The number of hydrogen-bond acceptors (Lipinski definition) is 7. The van der Waals surface area contributed by atoms with Crippen LogP contribution >= 0.6 is 19.2 Å². The van der Waals surface area contributed by atoms with Gasteiger partial charge in [0.25, 0.3) is 5.91 Å². The summed E-state index contributed by atoms with van der Waals surface area (Å²) in [5, 5.41) is 1.30. The molecule has 210 valence electrons. The van der Waals surface area contributed by atoms with Gasteiger partial charge in [0.15, 0.2) is 5.82 Å². The van der Waals surface area contributed by atoms with Gasteiger partial charge in [-0.3, -0.25) is 23.8 Å². The fraction of sp³-hybridized carbons (Fsp3) is 0.321. The highest BCUT2D eigenvalue weighted by Gasteiger charge is 2.31. The fourth-order valence-electron chi connectivity index (χ4n) is 4.20. The molecule has 0 aliphatic heterocycles. The lowest BCUT2D eigenvalue weighted by Gasteiger charge is -2.27. The predicted octanol–water partition coefficient (Wildman–Crippen LogP) is 7.96. The molecule has 1 fully saturated rings. The molecule has 1 saturated carbocycles. The molecule has 0 saturated heterocycles. The van der Waals surface area contributed by atoms with E-state index in [-0.39, 0.29) is 5.82 Å². The third-order valence-corrected chi connectivity index (χ3v) is 7.85. The third kappa shape index (κ3) is 6.25. The van der Waals surface area contributed by atoms with Crippen molar-refractivity contribution in [1.82, 2.24) is 9.97 Å². The summed E-state index contributed by atoms with van der Waals surface area (Å²) in [7, 11) is -3.69. The van der Waals surface area contributed by atoms with E-state index >= 15 is 0 Å². The molecule has 5 rings (SSSR count). The van der Waals surface area contributed by atoms with Gasteiger partial charge in [-0.25, -0.2) is 13.8 Å². The number of rotatable bonds is 8. The Morgan fingerprint density at radius 2 is 1.85 bits per heavy atom. The van der Waals surface area contributed by atoms with Gasteiger partial charge in [-0.2, -0.15) is 0 Å². The van der Waals surface area contributed by atoms with Gasteiger partial charge in [0.1, 0.15) is 35.3 Å². The summed E-state index contributed by atoms with van der Waals surface area (Å²) in [4.78, 5) is 22.9. The Morgan fingerprint density at radius 1 is 1.15 bits per heavy atom. The van der Waals surface area contributed by atoms with Crippen molar-refractivity contribution < 1.29 is 31.6 Å². The lowest BCUT2D eigenvalue weighted by atomic mass is 10.1. The number of furan rings is 1. The summed E-state index contributed by atoms with van der Waals surface area (Å²) >= 11 is 6.54. The minimum Gasteiger partial charge on any atom is -0.461 e. The van der Waals surface area contributed by atoms with Crippen LogP contribution < -0.4 is 4.90 Å². The molecule has 0 bridgehead atoms. The number of amides is 1. The fourth-order valence-corrected chi connectivity index (χ4v) is 5.84. The molecule has 8 nitrogen and oxygen atoms in total. The first-order chi connectivity index (χ1) is 18.8. The van der Waals surface area contributed by atoms with E-state index in [2.05, 4.69) is 9.97 Å². The first-order valence-corrected chi connectivity index (χ1v) is 14.9. The van der Waals surface area contributed by atoms with Gasteiger partial charge in [-0.05, 0) is 63.9 Å². The molecule has 2 aromatic carbocycles. The predicted molar refractivity (Wildman–Crippen MR) is 148 cm³/mol. The van der Waals surface area contributed by atoms with Gasteiger partial charge in [-0.15, -0.1) is 0 Å². The molecule has 1 amide bonds. The molecular weight excluding hydrogens is 563 g/mol. The van der Waals surface area contributed by atoms with E-state index in [1.807, 2.05) is 6.07 Å². The van der Waals surface area contributed by atoms with Crippen LogP contribution in [0, 0.1) is 11.6 Å². The van der Waals surface area contributed by atoms with Crippen LogP contribution in [0.15, 0.2) is 53.2 Å². The summed E-state index contributed by atoms with van der Waals surface area (Å²) in [6, 6.07) is 8.60. The minimum atomic E-state index is -3.69. The van der Waals surface area contributed by atoms with Crippen molar-refractivity contribution in [2.24, 2.45) is 0 Å². The van der Waals surface area contributed by atoms with E-state index in [4.69, 9.17) is 25.1 Å². The topological polar surface area (TPSA) is 94.8 Å². The highest BCUT2D eigenvalue weighted by Crippen LogP contribution is 2.48. The van der Waals surface area contributed by atoms with Crippen LogP contribution in [0.1, 0.15) is 55.6 Å². The zero-order chi connectivity index (χ0) is 28.8. The van der Waals surface area contributed by atoms with Gasteiger partial charge in [-0.1, -0.05) is 17.7 Å². The van der Waals surface area contributed by atoms with Crippen LogP contribution in [0.3, 0.4) is 0 Å². The van der Waals surface area contributed by atoms with Crippen LogP contribution in [0.2, 0.25) is 5.02 Å². The second kappa shape index (κ2) is 10.7. The molecule has 1 aliphatic rings. The standard InChI is InChI=1S/C28H27ClF2N3O5P/c1-28(2,3)39-40(4,36)37-15-34(27(35)26-20(30)6-5-7-21(26)31)25-14-32-22(13-33-25)18-12-24-17(10-19(18)29)11-23(38-24)16-8-9-16/h5-7,10-14,16H,8-9,15H2,1-4H3. The van der Waals surface area contributed by atoms with Crippen LogP contribution in [0.5, 0.6) is 0 Å². The molecule has 1 aliphatic carbocycles. The van der Waals surface area contributed by atoms with E-state index in [9.17, 15) is 18.1 Å². The molecule has 0 spiro atoms. The van der Waals surface area contributed by atoms with Crippen molar-refractivity contribution in [2.75, 3.05) is 18.3 Å². The molecule has 2 heterocycles. The van der Waals surface area contributed by atoms with Gasteiger partial charge >= 0.3 is 7.60 Å². The van der Waals surface area contributed by atoms with Crippen LogP contribution in [0.25, 0.3) is 22.2 Å². The summed E-state index contributed by atoms with van der Waals surface area (Å²) in [5.41, 5.74) is -0.0488. The Hall–Kier alpha value is -3.17. The normalized spacial score (nSPS) is 15.3. The number of aromatic nitrogens is 2. The molecular formula is C28H27ClF2N3O5P. The van der Waals surface area contributed by atoms with Crippen molar-refractivity contribution in [3.8, 4) is 11.3 Å². The van der Waals surface area contributed by atoms with Crippen molar-refractivity contribution in [1.29, 1.82) is 0 Å². The summed E-state index contributed by atoms with van der Waals surface area (Å²) in [5.74, 6) is -1.99. The molecule has 1 unspecified atom stereocenters. The lowest BCUT2D eigenvalue weighted by molar-refractivity contribution is 0.0882. The Kier molecular flexibility index (Phi) is 7.56. The smallest absolute Gasteiger partial charge is 0.329 e. The average Bonchev–Trinajstić information content (AvgIpc) is 3.62. The van der Waals surface area contributed by atoms with E-state index in [1.54, 1.807) is 32.9 Å². The Morgan fingerprint density at radius 3 is 2.45 bits per heavy atom. The quantitative estimate of drug-likeness (QED) is 0.152. The molecule has 4 aromatic rings. The number of hydrogen-bond donors (Lipinski definition) is 0. The summed E-state index contributed by atoms with van der Waals surface area (Å²) in [6.07, 6.45) is 4.79. The second-order valence-electron chi connectivity index (χ2n) is 10.6. The summed E-state index contributed by atoms with van der Waals surface area (Å²) < 4.78 is 58.8. The highest BCUT2D eigenvalue weighted by atomic mass is 35.5. The van der Waals surface area contributed by atoms with Crippen molar-refractivity contribution in [3.63, 3.8) is 0 Å². The molecule has 0 N–H and O–H groups in total. The number of halogens is 3. The maximum Gasteiger partial charge on any atom is 0.329 e. The van der Waals surface area contributed by atoms with E-state index in [0.29, 0.717) is 27.8 Å². The van der Waals surface area contributed by atoms with Crippen LogP contribution in [-0.4, -0.2) is 34.9 Å². The SMILES string of the molecule is CC(C)(C)OP(C)(=O)OCN(C(=O)c1c(F)cccc1F)c1cnc(-c2cc3oc(C4CC4)cc3cc2Cl)cn1. The molecule has 2 aromatic heterocycles. The zero-order valence-corrected chi connectivity index (χ0v) is 23.9. The van der Waals surface area contributed by atoms with E-state index in [1.165, 1.54) is 19.1 Å². The number of carbonyl (C=O) groups is 1. The maximum absolute atomic E-state index is 14.5. The number of fused-ring (bicyclic) bond motifs is 1. The van der Waals surface area contributed by atoms with Gasteiger partial charge < -0.3 is 8.94 Å². The first kappa shape index (κ1) is 28.4. The monoisotopic (exact) mass is 589 g/mol. The van der Waals surface area contributed by atoms with Crippen LogP contribution in [0.4, 0.5) is 14.6 Å². The van der Waals surface area contributed by atoms with Crippen molar-refractivity contribution in [3.05, 3.63) is 76.8 Å². The minimum absolute atomic E-state index is 0.0987. The highest BCUT2D eigenvalue weighted by molar-refractivity contribution is 7.53. The average molecular weight is 590 g/mol. The van der Waals surface area contributed by atoms with E-state index < -0.39 is 43.0 Å². The summed E-state index contributed by atoms with van der Waals surface area (Å²) in [6.45, 7) is 5.62. The van der Waals surface area contributed by atoms with Crippen molar-refractivity contribution in [2.45, 2.75) is 45.1 Å². The van der Waals surface area contributed by atoms with Gasteiger partial charge in [0.2, 0.25) is 0 Å². The Bertz CT molecular complexity index is 1610. The van der Waals surface area contributed by atoms with Crippen LogP contribution in [-0.2, 0) is 13.6 Å². The largest absolute Gasteiger partial charge is 0.461 e. The molecule has 1 atom stereocenters. The van der Waals surface area contributed by atoms with Gasteiger partial charge in [0, 0.05) is 23.5 Å². The first-order valence-electron chi connectivity index (χ1n) is 12.6. The molecule has 40 heavy (non-hydrogen) atoms. The molecule has 0 radical (unpaired) electrons. The number of benzene rings is 2. The lowest BCUT2D eigenvalue weighted by Crippen LogP contribution is -2.35. The second-order valence-corrected chi connectivity index (χ2v) is 13.0. The third-order valence-electron chi connectivity index (χ3n) is 6.08. The number of carbonyl (C=O) groups excluding carboxylic acids is 1. The number of nitrogens with zero attached hydrogens (tertiary/aromatic N) is 3. The Balaban J connectivity index is 1.47.